The van der Waals surface area contributed by atoms with Crippen molar-refractivity contribution < 1.29 is 9.53 Å². The van der Waals surface area contributed by atoms with Crippen molar-refractivity contribution in [3.05, 3.63) is 0 Å². The number of halogens is 1. The summed E-state index contributed by atoms with van der Waals surface area (Å²) in [5, 5.41) is 6.32. The van der Waals surface area contributed by atoms with E-state index in [1.807, 2.05) is 6.92 Å². The van der Waals surface area contributed by atoms with Gasteiger partial charge in [-0.1, -0.05) is 0 Å². The summed E-state index contributed by atoms with van der Waals surface area (Å²) in [6.45, 7) is 5.40. The first-order valence-electron chi connectivity index (χ1n) is 6.31. The first-order valence-corrected chi connectivity index (χ1v) is 6.31. The minimum absolute atomic E-state index is 0. The lowest BCUT2D eigenvalue weighted by Crippen LogP contribution is -2.49. The standard InChI is InChI=1S/C12H22N2O2.ClH/c1-12(5-3-6-13-9-12)11(15)14-8-10-4-2-7-16-10;/h10,13H,2-9H2,1H3,(H,14,15);1H. The van der Waals surface area contributed by atoms with Crippen LogP contribution in [-0.2, 0) is 9.53 Å². The Balaban J connectivity index is 0.00000144. The lowest BCUT2D eigenvalue weighted by atomic mass is 9.82. The van der Waals surface area contributed by atoms with Gasteiger partial charge in [-0.2, -0.15) is 0 Å². The van der Waals surface area contributed by atoms with Gasteiger partial charge in [-0.15, -0.1) is 12.4 Å². The molecular weight excluding hydrogens is 240 g/mol. The topological polar surface area (TPSA) is 50.4 Å². The third-order valence-corrected chi connectivity index (χ3v) is 3.66. The van der Waals surface area contributed by atoms with Gasteiger partial charge in [0.05, 0.1) is 11.5 Å². The summed E-state index contributed by atoms with van der Waals surface area (Å²) >= 11 is 0. The quantitative estimate of drug-likeness (QED) is 0.801. The number of amides is 1. The van der Waals surface area contributed by atoms with Crippen LogP contribution in [0.1, 0.15) is 32.6 Å². The Kier molecular flexibility index (Phi) is 5.70. The Morgan fingerprint density at radius 3 is 2.94 bits per heavy atom. The van der Waals surface area contributed by atoms with Crippen LogP contribution in [0.4, 0.5) is 0 Å². The highest BCUT2D eigenvalue weighted by Gasteiger charge is 2.34. The van der Waals surface area contributed by atoms with Crippen molar-refractivity contribution in [2.24, 2.45) is 5.41 Å². The summed E-state index contributed by atoms with van der Waals surface area (Å²) in [6, 6.07) is 0. The van der Waals surface area contributed by atoms with E-state index in [-0.39, 0.29) is 29.8 Å². The van der Waals surface area contributed by atoms with Gasteiger partial charge in [-0.3, -0.25) is 4.79 Å². The largest absolute Gasteiger partial charge is 0.376 e. The lowest BCUT2D eigenvalue weighted by molar-refractivity contribution is -0.131. The Morgan fingerprint density at radius 1 is 1.53 bits per heavy atom. The molecule has 2 aliphatic rings. The molecule has 17 heavy (non-hydrogen) atoms. The van der Waals surface area contributed by atoms with Gasteiger partial charge in [0.1, 0.15) is 0 Å². The number of piperidine rings is 1. The molecule has 0 radical (unpaired) electrons. The van der Waals surface area contributed by atoms with Crippen LogP contribution in [0, 0.1) is 5.41 Å². The van der Waals surface area contributed by atoms with E-state index in [0.29, 0.717) is 6.54 Å². The van der Waals surface area contributed by atoms with Gasteiger partial charge in [-0.25, -0.2) is 0 Å². The van der Waals surface area contributed by atoms with Crippen LogP contribution in [0.25, 0.3) is 0 Å². The molecule has 2 aliphatic heterocycles. The van der Waals surface area contributed by atoms with E-state index in [0.717, 1.165) is 45.4 Å². The summed E-state index contributed by atoms with van der Waals surface area (Å²) in [5.41, 5.74) is -0.225. The van der Waals surface area contributed by atoms with Gasteiger partial charge in [0, 0.05) is 19.7 Å². The van der Waals surface area contributed by atoms with Gasteiger partial charge in [0.15, 0.2) is 0 Å². The highest BCUT2D eigenvalue weighted by atomic mass is 35.5. The van der Waals surface area contributed by atoms with Crippen molar-refractivity contribution in [2.45, 2.75) is 38.7 Å². The molecule has 0 bridgehead atoms. The van der Waals surface area contributed by atoms with Crippen LogP contribution in [-0.4, -0.2) is 38.3 Å². The van der Waals surface area contributed by atoms with Crippen molar-refractivity contribution in [3.8, 4) is 0 Å². The Labute approximate surface area is 109 Å². The first kappa shape index (κ1) is 14.7. The third-order valence-electron chi connectivity index (χ3n) is 3.66. The Morgan fingerprint density at radius 2 is 2.35 bits per heavy atom. The second-order valence-electron chi connectivity index (χ2n) is 5.19. The molecule has 0 aliphatic carbocycles. The molecule has 2 rings (SSSR count). The fraction of sp³-hybridized carbons (Fsp3) is 0.917. The van der Waals surface area contributed by atoms with Crippen molar-refractivity contribution in [3.63, 3.8) is 0 Å². The van der Waals surface area contributed by atoms with E-state index in [1.54, 1.807) is 0 Å². The maximum Gasteiger partial charge on any atom is 0.227 e. The molecular formula is C12H23ClN2O2. The number of rotatable bonds is 3. The van der Waals surface area contributed by atoms with E-state index in [9.17, 15) is 4.79 Å². The number of ether oxygens (including phenoxy) is 1. The third kappa shape index (κ3) is 3.83. The van der Waals surface area contributed by atoms with Crippen molar-refractivity contribution >= 4 is 18.3 Å². The number of carbonyl (C=O) groups excluding carboxylic acids is 1. The predicted octanol–water partition coefficient (Wildman–Crippen LogP) is 1.09. The van der Waals surface area contributed by atoms with Gasteiger partial charge in [0.25, 0.3) is 0 Å². The molecule has 2 fully saturated rings. The fourth-order valence-corrected chi connectivity index (χ4v) is 2.48. The lowest BCUT2D eigenvalue weighted by Gasteiger charge is -2.32. The molecule has 2 N–H and O–H groups in total. The summed E-state index contributed by atoms with van der Waals surface area (Å²) in [7, 11) is 0. The van der Waals surface area contributed by atoms with E-state index in [4.69, 9.17) is 4.74 Å². The van der Waals surface area contributed by atoms with Crippen molar-refractivity contribution in [1.29, 1.82) is 0 Å². The normalized spacial score (nSPS) is 32.9. The maximum absolute atomic E-state index is 12.1. The zero-order valence-corrected chi connectivity index (χ0v) is 11.3. The van der Waals surface area contributed by atoms with E-state index in [2.05, 4.69) is 10.6 Å². The SMILES string of the molecule is CC1(C(=O)NCC2CCCO2)CCCNC1.Cl. The molecule has 0 aromatic carbocycles. The molecule has 2 heterocycles. The van der Waals surface area contributed by atoms with Gasteiger partial charge in [0.2, 0.25) is 5.91 Å². The number of carbonyl (C=O) groups is 1. The molecule has 2 atom stereocenters. The van der Waals surface area contributed by atoms with Gasteiger partial charge < -0.3 is 15.4 Å². The summed E-state index contributed by atoms with van der Waals surface area (Å²) in [6.07, 6.45) is 4.51. The van der Waals surface area contributed by atoms with E-state index in [1.165, 1.54) is 0 Å². The summed E-state index contributed by atoms with van der Waals surface area (Å²) < 4.78 is 5.49. The highest BCUT2D eigenvalue weighted by molar-refractivity contribution is 5.85. The number of nitrogens with one attached hydrogen (secondary N) is 2. The van der Waals surface area contributed by atoms with Gasteiger partial charge >= 0.3 is 0 Å². The summed E-state index contributed by atoms with van der Waals surface area (Å²) in [4.78, 5) is 12.1. The van der Waals surface area contributed by atoms with Crippen molar-refractivity contribution in [2.75, 3.05) is 26.2 Å². The molecule has 100 valence electrons. The predicted molar refractivity (Wildman–Crippen MR) is 69.4 cm³/mol. The zero-order chi connectivity index (χ0) is 11.4. The molecule has 1 amide bonds. The second-order valence-corrected chi connectivity index (χ2v) is 5.19. The van der Waals surface area contributed by atoms with Crippen LogP contribution >= 0.6 is 12.4 Å². The Bertz CT molecular complexity index is 249. The molecule has 0 aromatic heterocycles. The molecule has 0 saturated carbocycles. The molecule has 2 unspecified atom stereocenters. The van der Waals surface area contributed by atoms with E-state index < -0.39 is 0 Å². The Hall–Kier alpha value is -0.320. The van der Waals surface area contributed by atoms with Crippen LogP contribution in [0.3, 0.4) is 0 Å². The van der Waals surface area contributed by atoms with Crippen molar-refractivity contribution in [1.82, 2.24) is 10.6 Å². The molecule has 0 spiro atoms. The maximum atomic E-state index is 12.1. The van der Waals surface area contributed by atoms with Crippen LogP contribution in [0.5, 0.6) is 0 Å². The average Bonchev–Trinajstić information content (AvgIpc) is 2.79. The monoisotopic (exact) mass is 262 g/mol. The average molecular weight is 263 g/mol. The highest BCUT2D eigenvalue weighted by Crippen LogP contribution is 2.25. The smallest absolute Gasteiger partial charge is 0.227 e. The van der Waals surface area contributed by atoms with Crippen LogP contribution in [0.15, 0.2) is 0 Å². The van der Waals surface area contributed by atoms with Crippen LogP contribution in [0.2, 0.25) is 0 Å². The molecule has 2 saturated heterocycles. The summed E-state index contributed by atoms with van der Waals surface area (Å²) in [5.74, 6) is 0.176. The van der Waals surface area contributed by atoms with Crippen LogP contribution < -0.4 is 10.6 Å². The second kappa shape index (κ2) is 6.57. The molecule has 4 nitrogen and oxygen atoms in total. The van der Waals surface area contributed by atoms with Gasteiger partial charge in [-0.05, 0) is 39.2 Å². The molecule has 0 aromatic rings. The zero-order valence-electron chi connectivity index (χ0n) is 10.5. The van der Waals surface area contributed by atoms with E-state index >= 15 is 0 Å². The minimum atomic E-state index is -0.225. The number of hydrogen-bond acceptors (Lipinski definition) is 3. The molecule has 5 heteroatoms. The fourth-order valence-electron chi connectivity index (χ4n) is 2.48. The number of hydrogen-bond donors (Lipinski definition) is 2. The minimum Gasteiger partial charge on any atom is -0.376 e. The first-order chi connectivity index (χ1) is 7.71.